The van der Waals surface area contributed by atoms with Crippen LogP contribution in [0.3, 0.4) is 0 Å². The van der Waals surface area contributed by atoms with Gasteiger partial charge in [-0.25, -0.2) is 0 Å². The number of hydrogen-bond acceptors (Lipinski definition) is 0. The Morgan fingerprint density at radius 3 is 2.15 bits per heavy atom. The lowest BCUT2D eigenvalue weighted by Crippen LogP contribution is -2.14. The molecule has 20 heavy (non-hydrogen) atoms. The number of unbranched alkanes of at least 4 members (excludes halogenated alkanes) is 1. The van der Waals surface area contributed by atoms with E-state index in [2.05, 4.69) is 47.3 Å². The molecule has 0 fully saturated rings. The van der Waals surface area contributed by atoms with E-state index < -0.39 is 0 Å². The Morgan fingerprint density at radius 2 is 1.60 bits per heavy atom. The molecule has 0 saturated carbocycles. The average molecular weight is 281 g/mol. The maximum atomic E-state index is 3.85. The van der Waals surface area contributed by atoms with Gasteiger partial charge in [-0.3, -0.25) is 0 Å². The van der Waals surface area contributed by atoms with Gasteiger partial charge in [0.25, 0.3) is 0 Å². The van der Waals surface area contributed by atoms with Crippen LogP contribution >= 0.6 is 0 Å². The van der Waals surface area contributed by atoms with Gasteiger partial charge < -0.3 is 0 Å². The predicted octanol–water partition coefficient (Wildman–Crippen LogP) is 7.25. The van der Waals surface area contributed by atoms with Crippen molar-refractivity contribution in [3.8, 4) is 0 Å². The summed E-state index contributed by atoms with van der Waals surface area (Å²) in [6.07, 6.45) is 14.4. The number of hydrogen-bond donors (Lipinski definition) is 0. The largest absolute Gasteiger partial charge is 0.103 e. The monoisotopic (exact) mass is 280 g/mol. The standard InChI is InChI=1S/C20H40/c1-7-10-12-17(4)14-15-18(5)19(6)16-20(9-3)13-11-8-2/h8,17-20H,2,7,9-16H2,1,3-6H3. The fraction of sp³-hybridized carbons (Fsp3) is 0.900. The fourth-order valence-corrected chi connectivity index (χ4v) is 3.13. The zero-order valence-electron chi connectivity index (χ0n) is 15.0. The first-order chi connectivity index (χ1) is 9.54. The Morgan fingerprint density at radius 1 is 0.900 bits per heavy atom. The second-order valence-corrected chi connectivity index (χ2v) is 7.16. The third-order valence-electron chi connectivity index (χ3n) is 5.20. The van der Waals surface area contributed by atoms with E-state index in [1.165, 1.54) is 57.8 Å². The first-order valence-electron chi connectivity index (χ1n) is 9.15. The Kier molecular flexibility index (Phi) is 12.3. The van der Waals surface area contributed by atoms with Crippen LogP contribution in [0.1, 0.15) is 92.4 Å². The minimum atomic E-state index is 0.878. The smallest absolute Gasteiger partial charge is 0.0351 e. The minimum absolute atomic E-state index is 0.878. The zero-order chi connectivity index (χ0) is 15.4. The molecule has 0 bridgehead atoms. The highest BCUT2D eigenvalue weighted by Crippen LogP contribution is 2.29. The van der Waals surface area contributed by atoms with E-state index in [9.17, 15) is 0 Å². The van der Waals surface area contributed by atoms with Gasteiger partial charge in [-0.05, 0) is 42.9 Å². The van der Waals surface area contributed by atoms with Crippen LogP contribution in [0.4, 0.5) is 0 Å². The van der Waals surface area contributed by atoms with Gasteiger partial charge >= 0.3 is 0 Å². The molecule has 0 saturated heterocycles. The van der Waals surface area contributed by atoms with Crippen molar-refractivity contribution in [2.75, 3.05) is 0 Å². The van der Waals surface area contributed by atoms with E-state index in [1.54, 1.807) is 0 Å². The van der Waals surface area contributed by atoms with Crippen LogP contribution in [-0.4, -0.2) is 0 Å². The summed E-state index contributed by atoms with van der Waals surface area (Å²) >= 11 is 0. The first-order valence-corrected chi connectivity index (χ1v) is 9.15. The van der Waals surface area contributed by atoms with Crippen molar-refractivity contribution >= 4 is 0 Å². The second kappa shape index (κ2) is 12.5. The van der Waals surface area contributed by atoms with E-state index in [1.807, 2.05) is 0 Å². The van der Waals surface area contributed by atoms with E-state index in [0.29, 0.717) is 0 Å². The molecule has 0 amide bonds. The Labute approximate surface area is 129 Å². The summed E-state index contributed by atoms with van der Waals surface area (Å²) in [4.78, 5) is 0. The van der Waals surface area contributed by atoms with Gasteiger partial charge in [0.15, 0.2) is 0 Å². The van der Waals surface area contributed by atoms with Crippen LogP contribution in [0.2, 0.25) is 0 Å². The summed E-state index contributed by atoms with van der Waals surface area (Å²) in [5.74, 6) is 3.59. The molecule has 0 rings (SSSR count). The van der Waals surface area contributed by atoms with Crippen molar-refractivity contribution in [3.63, 3.8) is 0 Å². The molecule has 0 aliphatic carbocycles. The van der Waals surface area contributed by atoms with Crippen LogP contribution in [0.15, 0.2) is 12.7 Å². The SMILES string of the molecule is C=CCCC(CC)CC(C)C(C)CCC(C)CCCC. The van der Waals surface area contributed by atoms with Gasteiger partial charge in [0, 0.05) is 0 Å². The number of allylic oxidation sites excluding steroid dienone is 1. The van der Waals surface area contributed by atoms with Gasteiger partial charge in [-0.15, -0.1) is 6.58 Å². The van der Waals surface area contributed by atoms with E-state index in [0.717, 1.165) is 23.7 Å². The van der Waals surface area contributed by atoms with Gasteiger partial charge in [-0.1, -0.05) is 79.2 Å². The minimum Gasteiger partial charge on any atom is -0.103 e. The molecule has 0 radical (unpaired) electrons. The quantitative estimate of drug-likeness (QED) is 0.312. The molecule has 4 atom stereocenters. The van der Waals surface area contributed by atoms with Crippen molar-refractivity contribution < 1.29 is 0 Å². The third kappa shape index (κ3) is 9.61. The molecule has 120 valence electrons. The first kappa shape index (κ1) is 19.7. The summed E-state index contributed by atoms with van der Waals surface area (Å²) in [5.41, 5.74) is 0. The molecule has 0 aromatic rings. The second-order valence-electron chi connectivity index (χ2n) is 7.16. The van der Waals surface area contributed by atoms with Crippen molar-refractivity contribution in [2.24, 2.45) is 23.7 Å². The Bertz CT molecular complexity index is 218. The van der Waals surface area contributed by atoms with Gasteiger partial charge in [0.1, 0.15) is 0 Å². The Hall–Kier alpha value is -0.260. The van der Waals surface area contributed by atoms with E-state index in [-0.39, 0.29) is 0 Å². The predicted molar refractivity (Wildman–Crippen MR) is 94.1 cm³/mol. The average Bonchev–Trinajstić information content (AvgIpc) is 2.46. The highest BCUT2D eigenvalue weighted by atomic mass is 14.2. The molecule has 0 aliphatic heterocycles. The van der Waals surface area contributed by atoms with Crippen LogP contribution < -0.4 is 0 Å². The molecule has 0 aromatic carbocycles. The van der Waals surface area contributed by atoms with E-state index in [4.69, 9.17) is 0 Å². The molecule has 0 aliphatic rings. The van der Waals surface area contributed by atoms with Gasteiger partial charge in [0.05, 0.1) is 0 Å². The molecule has 0 spiro atoms. The molecule has 0 heterocycles. The lowest BCUT2D eigenvalue weighted by molar-refractivity contribution is 0.262. The van der Waals surface area contributed by atoms with Gasteiger partial charge in [-0.2, -0.15) is 0 Å². The molecule has 0 N–H and O–H groups in total. The maximum absolute atomic E-state index is 3.85. The van der Waals surface area contributed by atoms with Crippen LogP contribution in [0, 0.1) is 23.7 Å². The third-order valence-corrected chi connectivity index (χ3v) is 5.20. The van der Waals surface area contributed by atoms with Crippen molar-refractivity contribution in [3.05, 3.63) is 12.7 Å². The zero-order valence-corrected chi connectivity index (χ0v) is 15.0. The molecular formula is C20H40. The van der Waals surface area contributed by atoms with Crippen molar-refractivity contribution in [2.45, 2.75) is 92.4 Å². The van der Waals surface area contributed by atoms with Crippen molar-refractivity contribution in [1.82, 2.24) is 0 Å². The Balaban J connectivity index is 3.94. The molecule has 0 nitrogen and oxygen atoms in total. The summed E-state index contributed by atoms with van der Waals surface area (Å²) in [7, 11) is 0. The summed E-state index contributed by atoms with van der Waals surface area (Å²) in [5, 5.41) is 0. The molecular weight excluding hydrogens is 240 g/mol. The molecule has 0 aromatic heterocycles. The van der Waals surface area contributed by atoms with Crippen LogP contribution in [0.25, 0.3) is 0 Å². The fourth-order valence-electron chi connectivity index (χ4n) is 3.13. The van der Waals surface area contributed by atoms with Crippen LogP contribution in [0.5, 0.6) is 0 Å². The molecule has 0 heteroatoms. The highest BCUT2D eigenvalue weighted by Gasteiger charge is 2.17. The van der Waals surface area contributed by atoms with Crippen LogP contribution in [-0.2, 0) is 0 Å². The summed E-state index contributed by atoms with van der Waals surface area (Å²) < 4.78 is 0. The van der Waals surface area contributed by atoms with E-state index >= 15 is 0 Å². The molecule has 4 unspecified atom stereocenters. The highest BCUT2D eigenvalue weighted by molar-refractivity contribution is 4.73. The topological polar surface area (TPSA) is 0 Å². The summed E-state index contributed by atoms with van der Waals surface area (Å²) in [6, 6.07) is 0. The number of rotatable bonds is 13. The normalized spacial score (nSPS) is 17.4. The lowest BCUT2D eigenvalue weighted by Gasteiger charge is -2.25. The maximum Gasteiger partial charge on any atom is -0.0351 e. The van der Waals surface area contributed by atoms with Crippen molar-refractivity contribution in [1.29, 1.82) is 0 Å². The van der Waals surface area contributed by atoms with Gasteiger partial charge in [0.2, 0.25) is 0 Å². The summed E-state index contributed by atoms with van der Waals surface area (Å²) in [6.45, 7) is 15.9. The lowest BCUT2D eigenvalue weighted by atomic mass is 9.80.